The lowest BCUT2D eigenvalue weighted by atomic mass is 9.78. The third kappa shape index (κ3) is 6.84. The number of rotatable bonds is 8. The highest BCUT2D eigenvalue weighted by Gasteiger charge is 2.36. The van der Waals surface area contributed by atoms with Crippen LogP contribution in [0.25, 0.3) is 0 Å². The van der Waals surface area contributed by atoms with E-state index in [-0.39, 0.29) is 5.91 Å². The Bertz CT molecular complexity index is 1090. The molecular formula is C23H28Cl3N3O3S. The van der Waals surface area contributed by atoms with Crippen molar-refractivity contribution in [3.8, 4) is 0 Å². The monoisotopic (exact) mass is 531 g/mol. The number of hydrogen-bond donors (Lipinski definition) is 1. The van der Waals surface area contributed by atoms with Crippen molar-refractivity contribution in [2.45, 2.75) is 25.3 Å². The van der Waals surface area contributed by atoms with Gasteiger partial charge in [0.25, 0.3) is 0 Å². The van der Waals surface area contributed by atoms with E-state index in [2.05, 4.69) is 10.2 Å². The van der Waals surface area contributed by atoms with Crippen LogP contribution in [0.1, 0.15) is 24.5 Å². The number of nitrogens with zero attached hydrogens (tertiary/aromatic N) is 2. The van der Waals surface area contributed by atoms with E-state index in [9.17, 15) is 13.2 Å². The predicted octanol–water partition coefficient (Wildman–Crippen LogP) is 4.19. The maximum Gasteiger partial charge on any atom is 0.230 e. The standard InChI is InChI=1S/C23H28Cl3N3O3S/c1-23(18-5-8-20(25)21(26)15-18,22(30)27-16-17-3-6-19(24)7-4-17)9-10-28-11-13-29(14-12-28)33(2,31)32/h3-8,15H,9-14,16H2,1-2H3,(H,27,30). The molecule has 1 aliphatic heterocycles. The molecule has 1 fully saturated rings. The predicted molar refractivity (Wildman–Crippen MR) is 135 cm³/mol. The highest BCUT2D eigenvalue weighted by molar-refractivity contribution is 7.88. The number of sulfonamides is 1. The minimum atomic E-state index is -3.19. The maximum atomic E-state index is 13.4. The van der Waals surface area contributed by atoms with Gasteiger partial charge in [0.15, 0.2) is 0 Å². The van der Waals surface area contributed by atoms with Gasteiger partial charge >= 0.3 is 0 Å². The molecule has 1 amide bonds. The minimum absolute atomic E-state index is 0.120. The third-order valence-corrected chi connectivity index (χ3v) is 8.45. The molecule has 0 saturated carbocycles. The zero-order valence-corrected chi connectivity index (χ0v) is 21.7. The summed E-state index contributed by atoms with van der Waals surface area (Å²) in [5.41, 5.74) is 0.871. The summed E-state index contributed by atoms with van der Waals surface area (Å²) in [5, 5.41) is 4.51. The Hall–Kier alpha value is -1.35. The van der Waals surface area contributed by atoms with Crippen LogP contribution in [0.5, 0.6) is 0 Å². The molecular weight excluding hydrogens is 505 g/mol. The number of halogens is 3. The summed E-state index contributed by atoms with van der Waals surface area (Å²) in [6, 6.07) is 12.6. The smallest absolute Gasteiger partial charge is 0.230 e. The molecule has 1 unspecified atom stereocenters. The van der Waals surface area contributed by atoms with E-state index in [1.165, 1.54) is 10.6 Å². The molecule has 10 heteroatoms. The molecule has 180 valence electrons. The Labute approximate surface area is 210 Å². The molecule has 1 aliphatic rings. The fourth-order valence-electron chi connectivity index (χ4n) is 3.87. The van der Waals surface area contributed by atoms with Crippen molar-refractivity contribution < 1.29 is 13.2 Å². The maximum absolute atomic E-state index is 13.4. The molecule has 1 atom stereocenters. The number of amides is 1. The number of carbonyl (C=O) groups is 1. The van der Waals surface area contributed by atoms with Crippen LogP contribution in [0.15, 0.2) is 42.5 Å². The van der Waals surface area contributed by atoms with Crippen LogP contribution in [0.4, 0.5) is 0 Å². The highest BCUT2D eigenvalue weighted by atomic mass is 35.5. The van der Waals surface area contributed by atoms with Crippen molar-refractivity contribution in [3.63, 3.8) is 0 Å². The van der Waals surface area contributed by atoms with E-state index in [0.717, 1.165) is 11.1 Å². The largest absolute Gasteiger partial charge is 0.351 e. The van der Waals surface area contributed by atoms with Crippen molar-refractivity contribution >= 4 is 50.7 Å². The molecule has 3 rings (SSSR count). The van der Waals surface area contributed by atoms with Crippen molar-refractivity contribution in [3.05, 3.63) is 68.7 Å². The van der Waals surface area contributed by atoms with Crippen molar-refractivity contribution in [1.29, 1.82) is 0 Å². The van der Waals surface area contributed by atoms with Crippen molar-refractivity contribution in [2.24, 2.45) is 0 Å². The third-order valence-electron chi connectivity index (χ3n) is 6.15. The average molecular weight is 533 g/mol. The lowest BCUT2D eigenvalue weighted by molar-refractivity contribution is -0.126. The Morgan fingerprint density at radius 1 is 1.00 bits per heavy atom. The molecule has 0 spiro atoms. The molecule has 0 bridgehead atoms. The normalized spacial score (nSPS) is 17.5. The Kier molecular flexibility index (Phi) is 8.70. The molecule has 0 radical (unpaired) electrons. The van der Waals surface area contributed by atoms with Gasteiger partial charge in [-0.25, -0.2) is 8.42 Å². The molecule has 6 nitrogen and oxygen atoms in total. The molecule has 1 N–H and O–H groups in total. The van der Waals surface area contributed by atoms with Crippen LogP contribution in [-0.4, -0.2) is 62.5 Å². The van der Waals surface area contributed by atoms with E-state index in [0.29, 0.717) is 60.8 Å². The topological polar surface area (TPSA) is 69.7 Å². The number of hydrogen-bond acceptors (Lipinski definition) is 4. The number of nitrogens with one attached hydrogen (secondary N) is 1. The van der Waals surface area contributed by atoms with Gasteiger partial charge in [-0.3, -0.25) is 4.79 Å². The van der Waals surface area contributed by atoms with Gasteiger partial charge in [-0.15, -0.1) is 0 Å². The Balaban J connectivity index is 1.73. The lowest BCUT2D eigenvalue weighted by Crippen LogP contribution is -2.50. The van der Waals surface area contributed by atoms with E-state index >= 15 is 0 Å². The van der Waals surface area contributed by atoms with Gasteiger partial charge in [-0.2, -0.15) is 4.31 Å². The molecule has 0 aliphatic carbocycles. The van der Waals surface area contributed by atoms with Gasteiger partial charge in [0, 0.05) is 37.7 Å². The highest BCUT2D eigenvalue weighted by Crippen LogP contribution is 2.33. The van der Waals surface area contributed by atoms with Crippen LogP contribution in [0, 0.1) is 0 Å². The number of piperazine rings is 1. The van der Waals surface area contributed by atoms with Crippen LogP contribution >= 0.6 is 34.8 Å². The number of carbonyl (C=O) groups excluding carboxylic acids is 1. The van der Waals surface area contributed by atoms with E-state index < -0.39 is 15.4 Å². The van der Waals surface area contributed by atoms with Gasteiger partial charge in [0.1, 0.15) is 0 Å². The van der Waals surface area contributed by atoms with Gasteiger partial charge in [0.05, 0.1) is 21.7 Å². The second kappa shape index (κ2) is 10.9. The average Bonchev–Trinajstić information content (AvgIpc) is 2.78. The van der Waals surface area contributed by atoms with Crippen LogP contribution in [0.2, 0.25) is 15.1 Å². The van der Waals surface area contributed by atoms with Gasteiger partial charge in [-0.05, 0) is 55.3 Å². The zero-order chi connectivity index (χ0) is 24.2. The first kappa shape index (κ1) is 26.3. The quantitative estimate of drug-likeness (QED) is 0.554. The molecule has 33 heavy (non-hydrogen) atoms. The Morgan fingerprint density at radius 3 is 2.21 bits per heavy atom. The Morgan fingerprint density at radius 2 is 1.64 bits per heavy atom. The van der Waals surface area contributed by atoms with E-state index in [1.54, 1.807) is 24.3 Å². The van der Waals surface area contributed by atoms with Crippen molar-refractivity contribution in [1.82, 2.24) is 14.5 Å². The van der Waals surface area contributed by atoms with E-state index in [1.807, 2.05) is 25.1 Å². The first-order valence-electron chi connectivity index (χ1n) is 10.6. The summed E-state index contributed by atoms with van der Waals surface area (Å²) >= 11 is 18.3. The second-order valence-corrected chi connectivity index (χ2v) is 11.8. The first-order valence-corrected chi connectivity index (χ1v) is 13.6. The summed E-state index contributed by atoms with van der Waals surface area (Å²) in [6.07, 6.45) is 1.77. The fourth-order valence-corrected chi connectivity index (χ4v) is 5.13. The molecule has 1 saturated heterocycles. The van der Waals surface area contributed by atoms with E-state index in [4.69, 9.17) is 34.8 Å². The summed E-state index contributed by atoms with van der Waals surface area (Å²) in [4.78, 5) is 15.6. The van der Waals surface area contributed by atoms with Gasteiger partial charge < -0.3 is 10.2 Å². The zero-order valence-electron chi connectivity index (χ0n) is 18.7. The summed E-state index contributed by atoms with van der Waals surface area (Å²) in [7, 11) is -3.19. The van der Waals surface area contributed by atoms with Crippen molar-refractivity contribution in [2.75, 3.05) is 39.0 Å². The molecule has 2 aromatic rings. The van der Waals surface area contributed by atoms with Gasteiger partial charge in [0.2, 0.25) is 15.9 Å². The SMILES string of the molecule is CC(CCN1CCN(S(C)(=O)=O)CC1)(C(=O)NCc1ccc(Cl)cc1)c1ccc(Cl)c(Cl)c1. The van der Waals surface area contributed by atoms with Crippen LogP contribution in [-0.2, 0) is 26.8 Å². The lowest BCUT2D eigenvalue weighted by Gasteiger charge is -2.36. The van der Waals surface area contributed by atoms with Crippen LogP contribution < -0.4 is 5.32 Å². The minimum Gasteiger partial charge on any atom is -0.351 e. The first-order chi connectivity index (χ1) is 15.5. The molecule has 2 aromatic carbocycles. The summed E-state index contributed by atoms with van der Waals surface area (Å²) in [5.74, 6) is -0.120. The fraction of sp³-hybridized carbons (Fsp3) is 0.435. The molecule has 1 heterocycles. The summed E-state index contributed by atoms with van der Waals surface area (Å²) in [6.45, 7) is 5.06. The van der Waals surface area contributed by atoms with Crippen LogP contribution in [0.3, 0.4) is 0 Å². The molecule has 0 aromatic heterocycles. The number of benzene rings is 2. The second-order valence-electron chi connectivity index (χ2n) is 8.52. The van der Waals surface area contributed by atoms with Gasteiger partial charge in [-0.1, -0.05) is 53.0 Å². The summed E-state index contributed by atoms with van der Waals surface area (Å²) < 4.78 is 25.0.